The first-order valence-corrected chi connectivity index (χ1v) is 12.8. The van der Waals surface area contributed by atoms with E-state index in [-0.39, 0.29) is 21.6 Å². The van der Waals surface area contributed by atoms with Crippen LogP contribution in [0.3, 0.4) is 0 Å². The average Bonchev–Trinajstić information content (AvgIpc) is 3.24. The number of hydrogen-bond donors (Lipinski definition) is 1. The predicted molar refractivity (Wildman–Crippen MR) is 100 cm³/mol. The lowest BCUT2D eigenvalue weighted by atomic mass is 10.2. The van der Waals surface area contributed by atoms with Crippen LogP contribution in [0.1, 0.15) is 18.4 Å². The second kappa shape index (κ2) is 7.14. The van der Waals surface area contributed by atoms with Gasteiger partial charge in [-0.15, -0.1) is 11.8 Å². The molecule has 0 spiro atoms. The van der Waals surface area contributed by atoms with Crippen molar-refractivity contribution in [2.45, 2.75) is 35.6 Å². The molecule has 26 heavy (non-hydrogen) atoms. The molecule has 7 nitrogen and oxygen atoms in total. The molecule has 1 aliphatic carbocycles. The van der Waals surface area contributed by atoms with Gasteiger partial charge in [-0.1, -0.05) is 6.07 Å². The molecule has 10 heteroatoms. The zero-order valence-corrected chi connectivity index (χ0v) is 17.1. The molecule has 0 aromatic heterocycles. The van der Waals surface area contributed by atoms with Gasteiger partial charge in [-0.25, -0.2) is 16.8 Å². The summed E-state index contributed by atoms with van der Waals surface area (Å²) < 4.78 is 51.0. The van der Waals surface area contributed by atoms with Crippen molar-refractivity contribution >= 4 is 37.5 Å². The summed E-state index contributed by atoms with van der Waals surface area (Å²) in [4.78, 5) is 12.3. The summed E-state index contributed by atoms with van der Waals surface area (Å²) in [6, 6.07) is 3.28. The number of nitrogens with zero attached hydrogens (tertiary/aromatic N) is 1. The molecule has 1 aromatic rings. The number of carbonyl (C=O) groups excluding carboxylic acids is 1. The number of sulfone groups is 1. The number of hydrogen-bond acceptors (Lipinski definition) is 6. The van der Waals surface area contributed by atoms with Crippen molar-refractivity contribution in [3.8, 4) is 0 Å². The SMILES string of the molecule is Cc1ccc(S(C)(=O)=O)cc1S(=O)(=O)N1CSCC1C(=O)NCC1CC1. The number of nitrogens with one attached hydrogen (secondary N) is 1. The molecular weight excluding hydrogens is 396 g/mol. The Labute approximate surface area is 158 Å². The summed E-state index contributed by atoms with van der Waals surface area (Å²) >= 11 is 1.37. The molecule has 1 heterocycles. The summed E-state index contributed by atoms with van der Waals surface area (Å²) in [7, 11) is -7.52. The van der Waals surface area contributed by atoms with E-state index in [2.05, 4.69) is 5.32 Å². The predicted octanol–water partition coefficient (Wildman–Crippen LogP) is 0.988. The molecule has 0 bridgehead atoms. The third-order valence-electron chi connectivity index (χ3n) is 4.58. The highest BCUT2D eigenvalue weighted by atomic mass is 32.2. The minimum Gasteiger partial charge on any atom is -0.354 e. The number of sulfonamides is 1. The van der Waals surface area contributed by atoms with E-state index in [1.165, 1.54) is 34.3 Å². The van der Waals surface area contributed by atoms with Gasteiger partial charge in [0.25, 0.3) is 0 Å². The fraction of sp³-hybridized carbons (Fsp3) is 0.562. The molecule has 1 N–H and O–H groups in total. The Balaban J connectivity index is 1.90. The highest BCUT2D eigenvalue weighted by molar-refractivity contribution is 8.00. The first kappa shape index (κ1) is 19.7. The van der Waals surface area contributed by atoms with E-state index in [4.69, 9.17) is 0 Å². The van der Waals surface area contributed by atoms with Gasteiger partial charge < -0.3 is 5.32 Å². The van der Waals surface area contributed by atoms with Gasteiger partial charge in [0.05, 0.1) is 15.7 Å². The maximum absolute atomic E-state index is 13.1. The maximum atomic E-state index is 13.1. The van der Waals surface area contributed by atoms with Gasteiger partial charge in [-0.05, 0) is 43.4 Å². The molecule has 1 unspecified atom stereocenters. The molecule has 1 aromatic carbocycles. The number of rotatable bonds is 6. The van der Waals surface area contributed by atoms with E-state index in [9.17, 15) is 21.6 Å². The third kappa shape index (κ3) is 4.08. The Kier molecular flexibility index (Phi) is 5.40. The summed E-state index contributed by atoms with van der Waals surface area (Å²) in [6.07, 6.45) is 3.23. The van der Waals surface area contributed by atoms with Crippen molar-refractivity contribution in [2.24, 2.45) is 5.92 Å². The molecule has 2 fully saturated rings. The van der Waals surface area contributed by atoms with E-state index in [1.807, 2.05) is 0 Å². The number of benzene rings is 1. The number of thioether (sulfide) groups is 1. The Hall–Kier alpha value is -1.10. The van der Waals surface area contributed by atoms with Crippen molar-refractivity contribution in [2.75, 3.05) is 24.4 Å². The maximum Gasteiger partial charge on any atom is 0.244 e. The minimum absolute atomic E-state index is 0.0525. The Bertz CT molecular complexity index is 923. The Morgan fingerprint density at radius 2 is 1.96 bits per heavy atom. The lowest BCUT2D eigenvalue weighted by Gasteiger charge is -2.23. The fourth-order valence-corrected chi connectivity index (χ4v) is 6.89. The molecular formula is C16H22N2O5S3. The van der Waals surface area contributed by atoms with Crippen molar-refractivity contribution in [3.63, 3.8) is 0 Å². The second-order valence-electron chi connectivity index (χ2n) is 6.80. The largest absolute Gasteiger partial charge is 0.354 e. The van der Waals surface area contributed by atoms with Crippen LogP contribution >= 0.6 is 11.8 Å². The van der Waals surface area contributed by atoms with Crippen LogP contribution < -0.4 is 5.32 Å². The second-order valence-corrected chi connectivity index (χ2v) is 11.7. The number of carbonyl (C=O) groups is 1. The summed E-state index contributed by atoms with van der Waals surface area (Å²) in [5.74, 6) is 0.779. The molecule has 1 amide bonds. The summed E-state index contributed by atoms with van der Waals surface area (Å²) in [5.41, 5.74) is 0.450. The van der Waals surface area contributed by atoms with Gasteiger partial charge in [0, 0.05) is 18.6 Å². The topological polar surface area (TPSA) is 101 Å². The van der Waals surface area contributed by atoms with Crippen LogP contribution in [0.25, 0.3) is 0 Å². The van der Waals surface area contributed by atoms with Crippen molar-refractivity contribution in [3.05, 3.63) is 23.8 Å². The lowest BCUT2D eigenvalue weighted by molar-refractivity contribution is -0.123. The Morgan fingerprint density at radius 1 is 1.27 bits per heavy atom. The van der Waals surface area contributed by atoms with Gasteiger partial charge >= 0.3 is 0 Å². The van der Waals surface area contributed by atoms with Crippen LogP contribution in [-0.2, 0) is 24.7 Å². The first-order chi connectivity index (χ1) is 12.1. The molecule has 1 saturated heterocycles. The molecule has 1 saturated carbocycles. The normalized spacial score (nSPS) is 21.7. The molecule has 0 radical (unpaired) electrons. The van der Waals surface area contributed by atoms with Gasteiger partial charge in [-0.3, -0.25) is 4.79 Å². The van der Waals surface area contributed by atoms with Gasteiger partial charge in [-0.2, -0.15) is 4.31 Å². The van der Waals surface area contributed by atoms with E-state index < -0.39 is 25.9 Å². The lowest BCUT2D eigenvalue weighted by Crippen LogP contribution is -2.47. The Morgan fingerprint density at radius 3 is 2.58 bits per heavy atom. The molecule has 144 valence electrons. The van der Waals surface area contributed by atoms with Gasteiger partial charge in [0.1, 0.15) is 6.04 Å². The number of aryl methyl sites for hydroxylation is 1. The van der Waals surface area contributed by atoms with E-state index in [0.29, 0.717) is 23.8 Å². The highest BCUT2D eigenvalue weighted by Gasteiger charge is 2.41. The third-order valence-corrected chi connectivity index (χ3v) is 8.86. The van der Waals surface area contributed by atoms with E-state index in [1.54, 1.807) is 6.92 Å². The minimum atomic E-state index is -3.98. The van der Waals surface area contributed by atoms with Crippen LogP contribution in [0, 0.1) is 12.8 Å². The van der Waals surface area contributed by atoms with E-state index in [0.717, 1.165) is 19.1 Å². The molecule has 3 rings (SSSR count). The van der Waals surface area contributed by atoms with Crippen molar-refractivity contribution in [1.82, 2.24) is 9.62 Å². The summed E-state index contributed by atoms with van der Waals surface area (Å²) in [6.45, 7) is 2.20. The first-order valence-electron chi connectivity index (χ1n) is 8.28. The van der Waals surface area contributed by atoms with E-state index >= 15 is 0 Å². The van der Waals surface area contributed by atoms with Crippen molar-refractivity contribution in [1.29, 1.82) is 0 Å². The van der Waals surface area contributed by atoms with Crippen LogP contribution in [0.2, 0.25) is 0 Å². The summed E-state index contributed by atoms with van der Waals surface area (Å²) in [5, 5.41) is 2.84. The zero-order chi connectivity index (χ0) is 19.1. The average molecular weight is 419 g/mol. The van der Waals surface area contributed by atoms with Crippen LogP contribution in [0.4, 0.5) is 0 Å². The zero-order valence-electron chi connectivity index (χ0n) is 14.6. The molecule has 2 aliphatic rings. The fourth-order valence-electron chi connectivity index (χ4n) is 2.77. The molecule has 1 aliphatic heterocycles. The highest BCUT2D eigenvalue weighted by Crippen LogP contribution is 2.32. The van der Waals surface area contributed by atoms with Gasteiger partial charge in [0.2, 0.25) is 15.9 Å². The number of amides is 1. The smallest absolute Gasteiger partial charge is 0.244 e. The quantitative estimate of drug-likeness (QED) is 0.739. The monoisotopic (exact) mass is 418 g/mol. The van der Waals surface area contributed by atoms with Crippen LogP contribution in [0.15, 0.2) is 28.0 Å². The van der Waals surface area contributed by atoms with Crippen molar-refractivity contribution < 1.29 is 21.6 Å². The van der Waals surface area contributed by atoms with Crippen LogP contribution in [0.5, 0.6) is 0 Å². The standard InChI is InChI=1S/C16H22N2O5S3/c1-11-3-6-13(25(2,20)21)7-15(11)26(22,23)18-10-24-9-14(18)16(19)17-8-12-4-5-12/h3,6-7,12,14H,4-5,8-10H2,1-2H3,(H,17,19). The van der Waals surface area contributed by atoms with Gasteiger partial charge in [0.15, 0.2) is 9.84 Å². The molecule has 1 atom stereocenters. The van der Waals surface area contributed by atoms with Crippen LogP contribution in [-0.4, -0.2) is 57.5 Å².